The molecule has 2 amide bonds. The third-order valence-corrected chi connectivity index (χ3v) is 9.01. The molecular weight excluding hydrogens is 914 g/mol. The number of benzene rings is 2. The van der Waals surface area contributed by atoms with Crippen molar-refractivity contribution in [1.29, 1.82) is 0 Å². The Labute approximate surface area is 453 Å². The van der Waals surface area contributed by atoms with E-state index < -0.39 is 6.04 Å². The first-order chi connectivity index (χ1) is 26.8. The van der Waals surface area contributed by atoms with E-state index in [1.807, 2.05) is 114 Å². The number of amides is 2. The summed E-state index contributed by atoms with van der Waals surface area (Å²) in [6, 6.07) is 19.4. The number of alkyl halides is 1. The molecule has 59 heavy (non-hydrogen) atoms. The van der Waals surface area contributed by atoms with E-state index in [0.717, 1.165) is 78.5 Å². The molecule has 2 unspecified atom stereocenters. The molecule has 2 aliphatic carbocycles. The third-order valence-electron chi connectivity index (χ3n) is 8.25. The van der Waals surface area contributed by atoms with Crippen molar-refractivity contribution in [1.82, 2.24) is 30.6 Å². The van der Waals surface area contributed by atoms with Gasteiger partial charge in [0.25, 0.3) is 6.47 Å². The number of halogens is 3. The molecule has 0 saturated heterocycles. The zero-order valence-electron chi connectivity index (χ0n) is 36.7. The van der Waals surface area contributed by atoms with Crippen LogP contribution >= 0.6 is 39.1 Å². The molecular formula is C41H53BrCl2K2N8O5. The SMILES string of the molecule is CC(Br)C(=O)NC(C)(C)C.CC(C(=O)NC(C)(C)C)N(c1ccccc1)c1nc(Cl)nc2c1CCC2.Clc1nc2c(c(Nc3ccccc3)n1)CCC2.O=CO[O-].[H-].[K+].[K+]. The van der Waals surface area contributed by atoms with Gasteiger partial charge < -0.3 is 32.4 Å². The summed E-state index contributed by atoms with van der Waals surface area (Å²) in [5.74, 6) is 1.57. The number of nitrogens with zero attached hydrogens (tertiary/aromatic N) is 5. The third kappa shape index (κ3) is 19.5. The second-order valence-electron chi connectivity index (χ2n) is 15.4. The van der Waals surface area contributed by atoms with Gasteiger partial charge in [0, 0.05) is 33.6 Å². The topological polar surface area (TPSA) is 174 Å². The van der Waals surface area contributed by atoms with Crippen molar-refractivity contribution in [3.8, 4) is 0 Å². The molecule has 0 bridgehead atoms. The molecule has 0 fully saturated rings. The summed E-state index contributed by atoms with van der Waals surface area (Å²) in [5, 5.41) is 18.2. The van der Waals surface area contributed by atoms with E-state index in [9.17, 15) is 9.59 Å². The molecule has 2 heterocycles. The second-order valence-corrected chi connectivity index (χ2v) is 17.4. The van der Waals surface area contributed by atoms with Gasteiger partial charge in [-0.3, -0.25) is 14.4 Å². The van der Waals surface area contributed by atoms with Gasteiger partial charge in [-0.1, -0.05) is 52.3 Å². The molecule has 2 atom stereocenters. The summed E-state index contributed by atoms with van der Waals surface area (Å²) < 4.78 is 0. The number of rotatable bonds is 8. The van der Waals surface area contributed by atoms with E-state index in [1.165, 1.54) is 5.56 Å². The van der Waals surface area contributed by atoms with Gasteiger partial charge in [-0.05, 0) is 141 Å². The van der Waals surface area contributed by atoms with Crippen LogP contribution in [-0.4, -0.2) is 60.2 Å². The average Bonchev–Trinajstić information content (AvgIpc) is 3.82. The van der Waals surface area contributed by atoms with Crippen molar-refractivity contribution in [2.75, 3.05) is 10.2 Å². The Kier molecular flexibility index (Phi) is 25.8. The average molecular weight is 967 g/mol. The van der Waals surface area contributed by atoms with Crippen LogP contribution in [0.5, 0.6) is 0 Å². The van der Waals surface area contributed by atoms with Crippen molar-refractivity contribution in [2.24, 2.45) is 0 Å². The van der Waals surface area contributed by atoms with E-state index in [1.54, 1.807) is 6.92 Å². The number of fused-ring (bicyclic) bond motifs is 2. The monoisotopic (exact) mass is 964 g/mol. The van der Waals surface area contributed by atoms with Gasteiger partial charge in [0.2, 0.25) is 22.4 Å². The molecule has 2 aromatic heterocycles. The van der Waals surface area contributed by atoms with Crippen LogP contribution in [0.2, 0.25) is 10.6 Å². The zero-order valence-corrected chi connectivity index (χ0v) is 45.0. The first-order valence-electron chi connectivity index (χ1n) is 18.6. The van der Waals surface area contributed by atoms with Crippen LogP contribution in [0.25, 0.3) is 0 Å². The molecule has 0 saturated carbocycles. The minimum atomic E-state index is -0.438. The summed E-state index contributed by atoms with van der Waals surface area (Å²) >= 11 is 15.3. The number of hydrogen-bond donors (Lipinski definition) is 3. The maximum Gasteiger partial charge on any atom is 1.00 e. The first kappa shape index (κ1) is 55.9. The Morgan fingerprint density at radius 3 is 1.71 bits per heavy atom. The van der Waals surface area contributed by atoms with Gasteiger partial charge in [-0.15, -0.1) is 0 Å². The van der Waals surface area contributed by atoms with Gasteiger partial charge in [0.1, 0.15) is 17.7 Å². The predicted octanol–water partition coefficient (Wildman–Crippen LogP) is 1.66. The molecule has 2 aliphatic rings. The van der Waals surface area contributed by atoms with Crippen LogP contribution < -0.4 is 129 Å². The zero-order chi connectivity index (χ0) is 42.3. The summed E-state index contributed by atoms with van der Waals surface area (Å²) in [7, 11) is 0. The van der Waals surface area contributed by atoms with E-state index in [2.05, 4.69) is 56.7 Å². The number of aryl methyl sites for hydroxylation is 2. The number of carbonyl (C=O) groups excluding carboxylic acids is 3. The van der Waals surface area contributed by atoms with E-state index in [0.29, 0.717) is 5.28 Å². The molecule has 2 aromatic carbocycles. The number of para-hydroxylation sites is 2. The fraction of sp³-hybridized carbons (Fsp3) is 0.439. The Morgan fingerprint density at radius 1 is 0.780 bits per heavy atom. The smallest absolute Gasteiger partial charge is 1.00 e. The molecule has 6 rings (SSSR count). The Bertz CT molecular complexity index is 1950. The Morgan fingerprint density at radius 2 is 1.24 bits per heavy atom. The Hall–Kier alpha value is -1.10. The second kappa shape index (κ2) is 27.2. The molecule has 310 valence electrons. The normalized spacial score (nSPS) is 13.2. The minimum Gasteiger partial charge on any atom is -1.00 e. The summed E-state index contributed by atoms with van der Waals surface area (Å²) in [5.41, 5.74) is 5.88. The molecule has 0 radical (unpaired) electrons. The van der Waals surface area contributed by atoms with Gasteiger partial charge in [-0.25, -0.2) is 15.0 Å². The van der Waals surface area contributed by atoms with Crippen LogP contribution in [0.15, 0.2) is 60.7 Å². The maximum absolute atomic E-state index is 12.9. The van der Waals surface area contributed by atoms with Crippen LogP contribution in [0.1, 0.15) is 92.2 Å². The van der Waals surface area contributed by atoms with E-state index >= 15 is 0 Å². The maximum atomic E-state index is 12.9. The fourth-order valence-corrected chi connectivity index (χ4v) is 6.41. The van der Waals surface area contributed by atoms with Crippen LogP contribution in [0.4, 0.5) is 23.0 Å². The standard InChI is InChI=1S/C20H25ClN4O.C13H12ClN3.C7H14BrNO.CH2O3.2K.H/c1-13(18(26)24-20(2,3)4)25(14-9-6-5-7-10-14)17-15-11-8-12-16(15)22-19(21)23-17;14-13-16-11-8-4-7-10(11)12(17-13)15-9-5-2-1-3-6-9;1-5(8)6(10)9-7(2,3)4;2-1-4-3;;;/h5-7,9-10,13H,8,11-12H2,1-4H3,(H,24,26);1-3,5-6H,4,7-8H2,(H,15,16,17);5H,1-4H3,(H,9,10);1,3H;;;/q;;;;2*+1;-1/p-1. The first-order valence-corrected chi connectivity index (χ1v) is 20.3. The molecule has 0 spiro atoms. The van der Waals surface area contributed by atoms with Gasteiger partial charge in [0.15, 0.2) is 0 Å². The van der Waals surface area contributed by atoms with Gasteiger partial charge in [-0.2, -0.15) is 4.98 Å². The summed E-state index contributed by atoms with van der Waals surface area (Å²) in [4.78, 5) is 54.5. The summed E-state index contributed by atoms with van der Waals surface area (Å²) in [6.07, 6.45) is 5.99. The van der Waals surface area contributed by atoms with E-state index in [4.69, 9.17) is 33.3 Å². The van der Waals surface area contributed by atoms with Gasteiger partial charge >= 0.3 is 103 Å². The van der Waals surface area contributed by atoms with Crippen LogP contribution in [0.3, 0.4) is 0 Å². The molecule has 13 nitrogen and oxygen atoms in total. The van der Waals surface area contributed by atoms with Gasteiger partial charge in [0.05, 0.1) is 16.2 Å². The minimum absolute atomic E-state index is 0. The summed E-state index contributed by atoms with van der Waals surface area (Å²) in [6.45, 7) is 15.3. The predicted molar refractivity (Wildman–Crippen MR) is 228 cm³/mol. The van der Waals surface area contributed by atoms with Crippen molar-refractivity contribution < 1.29 is 129 Å². The molecule has 0 aliphatic heterocycles. The van der Waals surface area contributed by atoms with Crippen molar-refractivity contribution in [3.05, 3.63) is 93.7 Å². The number of aromatic nitrogens is 4. The van der Waals surface area contributed by atoms with Crippen molar-refractivity contribution in [3.63, 3.8) is 0 Å². The van der Waals surface area contributed by atoms with Crippen molar-refractivity contribution >= 4 is 80.4 Å². The number of nitrogens with one attached hydrogen (secondary N) is 3. The largest absolute Gasteiger partial charge is 1.00 e. The Balaban J connectivity index is 0.000000884. The van der Waals surface area contributed by atoms with E-state index in [-0.39, 0.29) is 144 Å². The quantitative estimate of drug-likeness (QED) is 0.0586. The molecule has 4 aromatic rings. The number of hydrogen-bond acceptors (Lipinski definition) is 11. The number of carbonyl (C=O) groups is 3. The number of anilines is 4. The molecule has 18 heteroatoms. The van der Waals surface area contributed by atoms with Crippen LogP contribution in [0, 0.1) is 0 Å². The van der Waals surface area contributed by atoms with Crippen LogP contribution in [-0.2, 0) is 45.0 Å². The fourth-order valence-electron chi connectivity index (χ4n) is 5.92. The van der Waals surface area contributed by atoms with Crippen molar-refractivity contribution in [2.45, 2.75) is 116 Å². The molecule has 3 N–H and O–H groups in total.